The van der Waals surface area contributed by atoms with Gasteiger partial charge in [0.05, 0.1) is 27.9 Å². The highest BCUT2D eigenvalue weighted by Gasteiger charge is 2.14. The summed E-state index contributed by atoms with van der Waals surface area (Å²) in [6.07, 6.45) is 1.18. The number of hydrogen-bond acceptors (Lipinski definition) is 5. The second kappa shape index (κ2) is 8.04. The van der Waals surface area contributed by atoms with Gasteiger partial charge in [-0.15, -0.1) is 0 Å². The molecule has 0 unspecified atom stereocenters. The molecule has 0 heterocycles. The molecule has 0 spiro atoms. The molecule has 0 fully saturated rings. The number of likely N-dealkylation sites (N-methyl/N-ethyl adjacent to an activating group) is 2. The summed E-state index contributed by atoms with van der Waals surface area (Å²) in [5.41, 5.74) is 2.26. The van der Waals surface area contributed by atoms with Gasteiger partial charge in [0, 0.05) is 20.1 Å². The first kappa shape index (κ1) is 16.7. The van der Waals surface area contributed by atoms with Gasteiger partial charge in [-0.05, 0) is 32.5 Å². The van der Waals surface area contributed by atoms with Crippen LogP contribution in [0.1, 0.15) is 18.9 Å². The molecular formula is C14H24N2OS2. The van der Waals surface area contributed by atoms with Crippen LogP contribution in [0.4, 0.5) is 5.69 Å². The van der Waals surface area contributed by atoms with Crippen molar-refractivity contribution in [3.8, 4) is 0 Å². The first-order valence-electron chi connectivity index (χ1n) is 6.76. The minimum atomic E-state index is 0.725. The molecule has 0 saturated carbocycles. The Labute approximate surface area is 126 Å². The molecule has 0 aliphatic carbocycles. The van der Waals surface area contributed by atoms with Crippen molar-refractivity contribution in [2.45, 2.75) is 20.3 Å². The van der Waals surface area contributed by atoms with E-state index in [0.717, 1.165) is 53.1 Å². The van der Waals surface area contributed by atoms with E-state index in [0.29, 0.717) is 0 Å². The van der Waals surface area contributed by atoms with E-state index in [1.54, 1.807) is 0 Å². The van der Waals surface area contributed by atoms with Gasteiger partial charge in [-0.2, -0.15) is 0 Å². The smallest absolute Gasteiger partial charge is 0.0797 e. The van der Waals surface area contributed by atoms with Crippen molar-refractivity contribution in [1.29, 1.82) is 0 Å². The van der Waals surface area contributed by atoms with Gasteiger partial charge in [0.1, 0.15) is 0 Å². The SMILES string of the molecule is CCCN(C)CCOCCN(C)c1c(C)c(=S)c1=S. The Morgan fingerprint density at radius 3 is 2.21 bits per heavy atom. The van der Waals surface area contributed by atoms with E-state index >= 15 is 0 Å². The van der Waals surface area contributed by atoms with Crippen LogP contribution >= 0.6 is 24.4 Å². The zero-order chi connectivity index (χ0) is 14.4. The fourth-order valence-electron chi connectivity index (χ4n) is 2.08. The molecule has 0 bridgehead atoms. The van der Waals surface area contributed by atoms with Gasteiger partial charge >= 0.3 is 0 Å². The monoisotopic (exact) mass is 300 g/mol. The predicted octanol–water partition coefficient (Wildman–Crippen LogP) is 3.12. The van der Waals surface area contributed by atoms with Crippen molar-refractivity contribution in [2.75, 3.05) is 51.8 Å². The summed E-state index contributed by atoms with van der Waals surface area (Å²) in [6.45, 7) is 8.70. The van der Waals surface area contributed by atoms with Crippen LogP contribution in [0.5, 0.6) is 0 Å². The van der Waals surface area contributed by atoms with Gasteiger partial charge in [-0.3, -0.25) is 0 Å². The maximum Gasteiger partial charge on any atom is 0.0797 e. The number of hydrogen-bond donors (Lipinski definition) is 0. The molecule has 0 saturated heterocycles. The van der Waals surface area contributed by atoms with Gasteiger partial charge < -0.3 is 14.5 Å². The van der Waals surface area contributed by atoms with Gasteiger partial charge in [-0.1, -0.05) is 31.4 Å². The van der Waals surface area contributed by atoms with Crippen LogP contribution in [0.2, 0.25) is 0 Å². The number of rotatable bonds is 9. The van der Waals surface area contributed by atoms with E-state index in [9.17, 15) is 0 Å². The summed E-state index contributed by atoms with van der Waals surface area (Å²) >= 11 is 10.4. The Hall–Kier alpha value is -0.360. The lowest BCUT2D eigenvalue weighted by molar-refractivity contribution is 0.117. The number of nitrogens with zero attached hydrogens (tertiary/aromatic N) is 2. The molecule has 3 nitrogen and oxygen atoms in total. The van der Waals surface area contributed by atoms with Crippen LogP contribution in [0.25, 0.3) is 0 Å². The molecule has 0 radical (unpaired) electrons. The van der Waals surface area contributed by atoms with Gasteiger partial charge in [-0.25, -0.2) is 0 Å². The van der Waals surface area contributed by atoms with E-state index < -0.39 is 0 Å². The number of anilines is 1. The Morgan fingerprint density at radius 1 is 1.00 bits per heavy atom. The van der Waals surface area contributed by atoms with Crippen LogP contribution in [-0.2, 0) is 4.74 Å². The third-order valence-electron chi connectivity index (χ3n) is 3.29. The summed E-state index contributed by atoms with van der Waals surface area (Å²) < 4.78 is 7.33. The molecule has 1 aromatic rings. The second-order valence-corrected chi connectivity index (χ2v) is 5.79. The highest BCUT2D eigenvalue weighted by atomic mass is 32.1. The maximum absolute atomic E-state index is 5.66. The summed E-state index contributed by atoms with van der Waals surface area (Å²) in [6, 6.07) is 0. The first-order valence-corrected chi connectivity index (χ1v) is 7.58. The molecule has 0 aliphatic rings. The fourth-order valence-corrected chi connectivity index (χ4v) is 2.74. The minimum absolute atomic E-state index is 0.725. The van der Waals surface area contributed by atoms with E-state index in [1.165, 1.54) is 6.42 Å². The molecule has 1 rings (SSSR count). The number of ether oxygens (including phenoxy) is 1. The zero-order valence-corrected chi connectivity index (χ0v) is 14.0. The highest BCUT2D eigenvalue weighted by Crippen LogP contribution is 2.28. The highest BCUT2D eigenvalue weighted by molar-refractivity contribution is 7.74. The molecule has 0 aliphatic heterocycles. The molecule has 0 amide bonds. The second-order valence-electron chi connectivity index (χ2n) is 4.97. The maximum atomic E-state index is 5.66. The van der Waals surface area contributed by atoms with E-state index in [1.807, 2.05) is 14.0 Å². The largest absolute Gasteiger partial charge is 0.378 e. The van der Waals surface area contributed by atoms with Crippen LogP contribution in [-0.4, -0.2) is 51.8 Å². The van der Waals surface area contributed by atoms with Crippen molar-refractivity contribution in [2.24, 2.45) is 0 Å². The van der Waals surface area contributed by atoms with Gasteiger partial charge in [0.15, 0.2) is 0 Å². The molecule has 0 atom stereocenters. The first-order chi connectivity index (χ1) is 8.99. The minimum Gasteiger partial charge on any atom is -0.378 e. The lowest BCUT2D eigenvalue weighted by Crippen LogP contribution is -2.28. The quantitative estimate of drug-likeness (QED) is 0.513. The summed E-state index contributed by atoms with van der Waals surface area (Å²) in [4.78, 5) is 4.43. The van der Waals surface area contributed by atoms with Crippen LogP contribution in [0.3, 0.4) is 0 Å². The van der Waals surface area contributed by atoms with E-state index in [-0.39, 0.29) is 0 Å². The van der Waals surface area contributed by atoms with Crippen molar-refractivity contribution in [3.63, 3.8) is 0 Å². The average Bonchev–Trinajstić information content (AvgIpc) is 2.38. The van der Waals surface area contributed by atoms with Crippen molar-refractivity contribution >= 4 is 30.1 Å². The third-order valence-corrected chi connectivity index (χ3v) is 4.33. The Morgan fingerprint density at radius 2 is 1.63 bits per heavy atom. The predicted molar refractivity (Wildman–Crippen MR) is 87.1 cm³/mol. The fraction of sp³-hybridized carbons (Fsp3) is 0.714. The van der Waals surface area contributed by atoms with Crippen LogP contribution in [0, 0.1) is 15.9 Å². The van der Waals surface area contributed by atoms with Crippen molar-refractivity contribution < 1.29 is 4.74 Å². The Bertz CT molecular complexity index is 466. The van der Waals surface area contributed by atoms with E-state index in [2.05, 4.69) is 23.8 Å². The zero-order valence-electron chi connectivity index (χ0n) is 12.4. The molecule has 19 heavy (non-hydrogen) atoms. The third kappa shape index (κ3) is 4.60. The lowest BCUT2D eigenvalue weighted by atomic mass is 10.1. The van der Waals surface area contributed by atoms with Gasteiger partial charge in [0.25, 0.3) is 0 Å². The summed E-state index contributed by atoms with van der Waals surface area (Å²) in [5.74, 6) is 0. The molecule has 0 aromatic heterocycles. The van der Waals surface area contributed by atoms with Crippen LogP contribution < -0.4 is 4.90 Å². The molecular weight excluding hydrogens is 276 g/mol. The Balaban J connectivity index is 2.20. The lowest BCUT2D eigenvalue weighted by Gasteiger charge is -2.24. The Kier molecular flexibility index (Phi) is 7.07. The van der Waals surface area contributed by atoms with Crippen molar-refractivity contribution in [1.82, 2.24) is 4.90 Å². The van der Waals surface area contributed by atoms with Crippen LogP contribution in [0.15, 0.2) is 0 Å². The topological polar surface area (TPSA) is 15.7 Å². The molecule has 108 valence electrons. The van der Waals surface area contributed by atoms with Gasteiger partial charge in [0.2, 0.25) is 0 Å². The molecule has 5 heteroatoms. The summed E-state index contributed by atoms with van der Waals surface area (Å²) in [5, 5.41) is 0. The molecule has 0 N–H and O–H groups in total. The normalized spacial score (nSPS) is 11.4. The molecule has 1 aromatic carbocycles. The average molecular weight is 300 g/mol. The summed E-state index contributed by atoms with van der Waals surface area (Å²) in [7, 11) is 4.17. The standard InChI is InChI=1S/C14H24N2OS2/c1-5-6-15(3)7-9-17-10-8-16(4)12-11(2)13(18)14(12)19/h5-10H2,1-4H3. The van der Waals surface area contributed by atoms with Crippen molar-refractivity contribution in [3.05, 3.63) is 14.6 Å². The van der Waals surface area contributed by atoms with E-state index in [4.69, 9.17) is 29.2 Å².